The quantitative estimate of drug-likeness (QED) is 0.892. The summed E-state index contributed by atoms with van der Waals surface area (Å²) in [4.78, 5) is 11.8. The van der Waals surface area contributed by atoms with Crippen LogP contribution in [0.3, 0.4) is 0 Å². The summed E-state index contributed by atoms with van der Waals surface area (Å²) in [6.45, 7) is 5.76. The Balaban J connectivity index is 2.97. The highest BCUT2D eigenvalue weighted by molar-refractivity contribution is 6.31. The summed E-state index contributed by atoms with van der Waals surface area (Å²) in [7, 11) is 1.56. The number of methoxy groups -OCH3 is 1. The van der Waals surface area contributed by atoms with E-state index < -0.39 is 0 Å². The molecule has 1 atom stereocenters. The molecular formula is C13H18ClNO2. The van der Waals surface area contributed by atoms with Crippen molar-refractivity contribution in [3.05, 3.63) is 22.7 Å². The first-order valence-electron chi connectivity index (χ1n) is 5.64. The summed E-state index contributed by atoms with van der Waals surface area (Å²) in [5, 5.41) is 3.49. The van der Waals surface area contributed by atoms with Crippen molar-refractivity contribution < 1.29 is 9.53 Å². The third kappa shape index (κ3) is 3.37. The number of ether oxygens (including phenoxy) is 1. The second-order valence-electron chi connectivity index (χ2n) is 4.10. The van der Waals surface area contributed by atoms with Crippen molar-refractivity contribution in [1.29, 1.82) is 0 Å². The Bertz CT molecular complexity index is 418. The smallest absolute Gasteiger partial charge is 0.227 e. The Morgan fingerprint density at radius 2 is 2.18 bits per heavy atom. The lowest BCUT2D eigenvalue weighted by Crippen LogP contribution is -2.20. The van der Waals surface area contributed by atoms with Crippen LogP contribution in [-0.4, -0.2) is 13.0 Å². The monoisotopic (exact) mass is 255 g/mol. The molecular weight excluding hydrogens is 238 g/mol. The zero-order chi connectivity index (χ0) is 13.0. The molecule has 0 aliphatic heterocycles. The Hall–Kier alpha value is -1.22. The molecule has 4 heteroatoms. The zero-order valence-corrected chi connectivity index (χ0v) is 11.4. The maximum atomic E-state index is 11.8. The predicted octanol–water partition coefficient (Wildman–Crippen LogP) is 3.64. The van der Waals surface area contributed by atoms with Crippen molar-refractivity contribution in [2.45, 2.75) is 27.2 Å². The van der Waals surface area contributed by atoms with Gasteiger partial charge in [-0.1, -0.05) is 25.4 Å². The van der Waals surface area contributed by atoms with Gasteiger partial charge in [-0.05, 0) is 25.0 Å². The summed E-state index contributed by atoms with van der Waals surface area (Å²) >= 11 is 6.00. The number of benzene rings is 1. The number of hydrogen-bond acceptors (Lipinski definition) is 2. The van der Waals surface area contributed by atoms with Gasteiger partial charge in [0.25, 0.3) is 0 Å². The van der Waals surface area contributed by atoms with E-state index in [1.54, 1.807) is 13.2 Å². The minimum absolute atomic E-state index is 0.00692. The van der Waals surface area contributed by atoms with Crippen LogP contribution in [0.2, 0.25) is 5.02 Å². The highest BCUT2D eigenvalue weighted by Crippen LogP contribution is 2.31. The first-order chi connectivity index (χ1) is 7.99. The molecule has 1 aromatic rings. The average Bonchev–Trinajstić information content (AvgIpc) is 2.32. The molecule has 0 saturated carbocycles. The number of nitrogens with one attached hydrogen (secondary N) is 1. The van der Waals surface area contributed by atoms with Crippen LogP contribution in [0.4, 0.5) is 5.69 Å². The molecule has 17 heavy (non-hydrogen) atoms. The normalized spacial score (nSPS) is 12.1. The van der Waals surface area contributed by atoms with E-state index in [1.807, 2.05) is 26.8 Å². The molecule has 94 valence electrons. The summed E-state index contributed by atoms with van der Waals surface area (Å²) in [5.74, 6) is 0.556. The van der Waals surface area contributed by atoms with Gasteiger partial charge in [-0.25, -0.2) is 0 Å². The van der Waals surface area contributed by atoms with Crippen LogP contribution in [0, 0.1) is 12.8 Å². The third-order valence-electron chi connectivity index (χ3n) is 2.80. The molecule has 0 saturated heterocycles. The van der Waals surface area contributed by atoms with Crippen molar-refractivity contribution in [1.82, 2.24) is 0 Å². The number of rotatable bonds is 4. The number of carbonyl (C=O) groups is 1. The van der Waals surface area contributed by atoms with Gasteiger partial charge in [0.1, 0.15) is 5.75 Å². The molecule has 0 aliphatic carbocycles. The molecule has 0 unspecified atom stereocenters. The molecule has 0 fully saturated rings. The predicted molar refractivity (Wildman–Crippen MR) is 70.8 cm³/mol. The van der Waals surface area contributed by atoms with E-state index >= 15 is 0 Å². The van der Waals surface area contributed by atoms with Crippen LogP contribution in [0.1, 0.15) is 25.8 Å². The van der Waals surface area contributed by atoms with Gasteiger partial charge in [0.15, 0.2) is 0 Å². The fourth-order valence-electron chi connectivity index (χ4n) is 1.37. The summed E-state index contributed by atoms with van der Waals surface area (Å²) in [5.41, 5.74) is 1.58. The molecule has 0 bridgehead atoms. The Morgan fingerprint density at radius 3 is 2.71 bits per heavy atom. The first-order valence-corrected chi connectivity index (χ1v) is 6.02. The fraction of sp³-hybridized carbons (Fsp3) is 0.462. The van der Waals surface area contributed by atoms with E-state index in [9.17, 15) is 4.79 Å². The van der Waals surface area contributed by atoms with Gasteiger partial charge >= 0.3 is 0 Å². The highest BCUT2D eigenvalue weighted by atomic mass is 35.5. The number of hydrogen-bond donors (Lipinski definition) is 1. The molecule has 1 N–H and O–H groups in total. The number of halogens is 1. The van der Waals surface area contributed by atoms with Crippen LogP contribution < -0.4 is 10.1 Å². The van der Waals surface area contributed by atoms with E-state index in [0.29, 0.717) is 16.5 Å². The lowest BCUT2D eigenvalue weighted by Gasteiger charge is -2.14. The number of amides is 1. The molecule has 1 amide bonds. The van der Waals surface area contributed by atoms with E-state index in [-0.39, 0.29) is 11.8 Å². The van der Waals surface area contributed by atoms with Crippen molar-refractivity contribution in [3.8, 4) is 5.75 Å². The first kappa shape index (κ1) is 13.8. The van der Waals surface area contributed by atoms with Gasteiger partial charge in [-0.3, -0.25) is 4.79 Å². The number of aryl methyl sites for hydroxylation is 1. The van der Waals surface area contributed by atoms with Gasteiger partial charge in [0, 0.05) is 17.0 Å². The third-order valence-corrected chi connectivity index (χ3v) is 3.21. The van der Waals surface area contributed by atoms with Crippen molar-refractivity contribution in [2.75, 3.05) is 12.4 Å². The minimum atomic E-state index is -0.0179. The van der Waals surface area contributed by atoms with Crippen LogP contribution in [0.5, 0.6) is 5.75 Å². The van der Waals surface area contributed by atoms with Gasteiger partial charge in [-0.2, -0.15) is 0 Å². The van der Waals surface area contributed by atoms with Crippen LogP contribution >= 0.6 is 11.6 Å². The second-order valence-corrected chi connectivity index (χ2v) is 4.51. The van der Waals surface area contributed by atoms with E-state index in [2.05, 4.69) is 5.32 Å². The van der Waals surface area contributed by atoms with Gasteiger partial charge < -0.3 is 10.1 Å². The number of carbonyl (C=O) groups excluding carboxylic acids is 1. The topological polar surface area (TPSA) is 38.3 Å². The van der Waals surface area contributed by atoms with Crippen LogP contribution in [0.25, 0.3) is 0 Å². The SMILES string of the molecule is CC[C@H](C)C(=O)Nc1cc(C)c(Cl)cc1OC. The maximum Gasteiger partial charge on any atom is 0.227 e. The second kappa shape index (κ2) is 5.92. The van der Waals surface area contributed by atoms with Crippen molar-refractivity contribution >= 4 is 23.2 Å². The average molecular weight is 256 g/mol. The molecule has 0 aliphatic rings. The molecule has 3 nitrogen and oxygen atoms in total. The van der Waals surface area contributed by atoms with Gasteiger partial charge in [0.05, 0.1) is 12.8 Å². The number of anilines is 1. The lowest BCUT2D eigenvalue weighted by atomic mass is 10.1. The molecule has 1 aromatic carbocycles. The largest absolute Gasteiger partial charge is 0.495 e. The summed E-state index contributed by atoms with van der Waals surface area (Å²) < 4.78 is 5.20. The standard InChI is InChI=1S/C13H18ClNO2/c1-5-8(2)13(16)15-11-6-9(3)10(14)7-12(11)17-4/h6-8H,5H2,1-4H3,(H,15,16)/t8-/m0/s1. The molecule has 0 spiro atoms. The van der Waals surface area contributed by atoms with E-state index in [1.165, 1.54) is 0 Å². The Morgan fingerprint density at radius 1 is 1.53 bits per heavy atom. The zero-order valence-electron chi connectivity index (χ0n) is 10.6. The van der Waals surface area contributed by atoms with E-state index in [4.69, 9.17) is 16.3 Å². The highest BCUT2D eigenvalue weighted by Gasteiger charge is 2.14. The lowest BCUT2D eigenvalue weighted by molar-refractivity contribution is -0.119. The molecule has 1 rings (SSSR count). The fourth-order valence-corrected chi connectivity index (χ4v) is 1.52. The van der Waals surface area contributed by atoms with Crippen LogP contribution in [0.15, 0.2) is 12.1 Å². The Labute approximate surface area is 107 Å². The maximum absolute atomic E-state index is 11.8. The van der Waals surface area contributed by atoms with Crippen LogP contribution in [-0.2, 0) is 4.79 Å². The summed E-state index contributed by atoms with van der Waals surface area (Å²) in [6, 6.07) is 3.53. The van der Waals surface area contributed by atoms with Gasteiger partial charge in [0.2, 0.25) is 5.91 Å². The van der Waals surface area contributed by atoms with Crippen molar-refractivity contribution in [3.63, 3.8) is 0 Å². The van der Waals surface area contributed by atoms with Gasteiger partial charge in [-0.15, -0.1) is 0 Å². The van der Waals surface area contributed by atoms with E-state index in [0.717, 1.165) is 12.0 Å². The molecule has 0 radical (unpaired) electrons. The minimum Gasteiger partial charge on any atom is -0.495 e. The summed E-state index contributed by atoms with van der Waals surface area (Å²) in [6.07, 6.45) is 0.806. The Kier molecular flexibility index (Phi) is 4.82. The molecule has 0 aromatic heterocycles. The van der Waals surface area contributed by atoms with Crippen molar-refractivity contribution in [2.24, 2.45) is 5.92 Å². The molecule has 0 heterocycles.